The fraction of sp³-hybridized carbons (Fsp3) is 0.0667. The van der Waals surface area contributed by atoms with Crippen molar-refractivity contribution in [1.82, 2.24) is 0 Å². The average molecular weight is 382 g/mol. The zero-order valence-corrected chi connectivity index (χ0v) is 12.9. The maximum atomic E-state index is 10.0. The second-order valence-electron chi connectivity index (χ2n) is 3.86. The van der Waals surface area contributed by atoms with Crippen LogP contribution >= 0.6 is 31.9 Å². The zero-order valence-electron chi connectivity index (χ0n) is 9.77. The van der Waals surface area contributed by atoms with Crippen molar-refractivity contribution in [3.8, 4) is 17.6 Å². The summed E-state index contributed by atoms with van der Waals surface area (Å²) in [5, 5.41) is 19.9. The van der Waals surface area contributed by atoms with Crippen LogP contribution in [0.5, 0.6) is 5.75 Å². The van der Waals surface area contributed by atoms with Gasteiger partial charge in [-0.1, -0.05) is 46.0 Å². The van der Waals surface area contributed by atoms with E-state index in [-0.39, 0.29) is 5.75 Å². The van der Waals surface area contributed by atoms with Crippen LogP contribution < -0.4 is 0 Å². The van der Waals surface area contributed by atoms with Gasteiger partial charge < -0.3 is 10.2 Å². The molecule has 0 bridgehead atoms. The quantitative estimate of drug-likeness (QED) is 0.733. The van der Waals surface area contributed by atoms with Crippen molar-refractivity contribution >= 4 is 31.9 Å². The van der Waals surface area contributed by atoms with Gasteiger partial charge >= 0.3 is 0 Å². The van der Waals surface area contributed by atoms with E-state index in [2.05, 4.69) is 43.7 Å². The van der Waals surface area contributed by atoms with Crippen LogP contribution in [0.25, 0.3) is 0 Å². The number of aromatic hydroxyl groups is 1. The second kappa shape index (κ2) is 6.25. The molecule has 96 valence electrons. The van der Waals surface area contributed by atoms with Crippen LogP contribution in [0.3, 0.4) is 0 Å². The fourth-order valence-electron chi connectivity index (χ4n) is 1.55. The van der Waals surface area contributed by atoms with Gasteiger partial charge in [-0.05, 0) is 40.2 Å². The first-order chi connectivity index (χ1) is 9.08. The van der Waals surface area contributed by atoms with E-state index in [0.29, 0.717) is 10.0 Å². The summed E-state index contributed by atoms with van der Waals surface area (Å²) in [6, 6.07) is 12.7. The lowest BCUT2D eigenvalue weighted by molar-refractivity contribution is 0.233. The standard InChI is InChI=1S/C15H10Br2O2/c16-11-8-12(15(19)13(17)9-11)14(18)7-6-10-4-2-1-3-5-10/h1-5,8-9,14,18-19H. The molecule has 0 saturated carbocycles. The molecule has 19 heavy (non-hydrogen) atoms. The molecule has 2 N–H and O–H groups in total. The highest BCUT2D eigenvalue weighted by atomic mass is 79.9. The maximum Gasteiger partial charge on any atom is 0.144 e. The van der Waals surface area contributed by atoms with Crippen molar-refractivity contribution in [1.29, 1.82) is 0 Å². The van der Waals surface area contributed by atoms with E-state index < -0.39 is 6.10 Å². The first kappa shape index (κ1) is 14.1. The molecule has 0 saturated heterocycles. The summed E-state index contributed by atoms with van der Waals surface area (Å²) in [5.41, 5.74) is 1.18. The molecule has 0 aliphatic carbocycles. The monoisotopic (exact) mass is 380 g/mol. The fourth-order valence-corrected chi connectivity index (χ4v) is 2.80. The molecular formula is C15H10Br2O2. The van der Waals surface area contributed by atoms with Gasteiger partial charge in [0.05, 0.1) is 4.47 Å². The number of rotatable bonds is 1. The molecule has 0 fully saturated rings. The number of aliphatic hydroxyl groups excluding tert-OH is 1. The third-order valence-electron chi connectivity index (χ3n) is 2.48. The lowest BCUT2D eigenvalue weighted by Crippen LogP contribution is -1.95. The summed E-state index contributed by atoms with van der Waals surface area (Å²) >= 11 is 6.53. The van der Waals surface area contributed by atoms with Crippen molar-refractivity contribution in [3.63, 3.8) is 0 Å². The van der Waals surface area contributed by atoms with Crippen LogP contribution in [0.1, 0.15) is 17.2 Å². The molecule has 0 spiro atoms. The van der Waals surface area contributed by atoms with Gasteiger partial charge in [-0.3, -0.25) is 0 Å². The predicted octanol–water partition coefficient (Wildman–Crippen LogP) is 4.00. The number of phenolic OH excluding ortho intramolecular Hbond substituents is 1. The van der Waals surface area contributed by atoms with Crippen LogP contribution in [-0.4, -0.2) is 10.2 Å². The molecule has 0 aliphatic heterocycles. The minimum absolute atomic E-state index is 0.00179. The molecule has 1 atom stereocenters. The van der Waals surface area contributed by atoms with E-state index in [1.54, 1.807) is 12.1 Å². The lowest BCUT2D eigenvalue weighted by Gasteiger charge is -2.09. The summed E-state index contributed by atoms with van der Waals surface area (Å²) in [6.07, 6.45) is -1.05. The highest BCUT2D eigenvalue weighted by molar-refractivity contribution is 9.11. The molecular weight excluding hydrogens is 372 g/mol. The van der Waals surface area contributed by atoms with Crippen molar-refractivity contribution in [2.24, 2.45) is 0 Å². The first-order valence-corrected chi connectivity index (χ1v) is 7.09. The van der Waals surface area contributed by atoms with Crippen LogP contribution in [0.4, 0.5) is 0 Å². The van der Waals surface area contributed by atoms with Crippen molar-refractivity contribution in [3.05, 3.63) is 62.5 Å². The minimum atomic E-state index is -1.05. The van der Waals surface area contributed by atoms with Crippen LogP contribution in [0.15, 0.2) is 51.4 Å². The Morgan fingerprint density at radius 2 is 1.74 bits per heavy atom. The third-order valence-corrected chi connectivity index (χ3v) is 3.54. The lowest BCUT2D eigenvalue weighted by atomic mass is 10.1. The summed E-state index contributed by atoms with van der Waals surface area (Å²) in [7, 11) is 0. The predicted molar refractivity (Wildman–Crippen MR) is 81.8 cm³/mol. The molecule has 0 amide bonds. The van der Waals surface area contributed by atoms with Crippen LogP contribution in [-0.2, 0) is 0 Å². The van der Waals surface area contributed by atoms with Gasteiger partial charge in [-0.25, -0.2) is 0 Å². The van der Waals surface area contributed by atoms with E-state index in [1.165, 1.54) is 0 Å². The zero-order chi connectivity index (χ0) is 13.8. The Morgan fingerprint density at radius 1 is 1.05 bits per heavy atom. The largest absolute Gasteiger partial charge is 0.506 e. The Kier molecular flexibility index (Phi) is 4.65. The third kappa shape index (κ3) is 3.60. The Labute approximate surface area is 128 Å². The van der Waals surface area contributed by atoms with Crippen molar-refractivity contribution in [2.45, 2.75) is 6.10 Å². The van der Waals surface area contributed by atoms with E-state index in [1.807, 2.05) is 30.3 Å². The summed E-state index contributed by atoms with van der Waals surface area (Å²) < 4.78 is 1.27. The van der Waals surface area contributed by atoms with Gasteiger partial charge in [0.2, 0.25) is 0 Å². The average Bonchev–Trinajstić information content (AvgIpc) is 2.41. The number of phenols is 1. The summed E-state index contributed by atoms with van der Waals surface area (Å²) in [6.45, 7) is 0. The Balaban J connectivity index is 2.31. The molecule has 2 nitrogen and oxygen atoms in total. The molecule has 0 aliphatic rings. The van der Waals surface area contributed by atoms with Gasteiger partial charge in [0.1, 0.15) is 11.9 Å². The SMILES string of the molecule is Oc1c(Br)cc(Br)cc1C(O)C#Cc1ccccc1. The Morgan fingerprint density at radius 3 is 2.42 bits per heavy atom. The van der Waals surface area contributed by atoms with E-state index >= 15 is 0 Å². The van der Waals surface area contributed by atoms with Crippen LogP contribution in [0.2, 0.25) is 0 Å². The number of halogens is 2. The van der Waals surface area contributed by atoms with Gasteiger partial charge in [0.25, 0.3) is 0 Å². The molecule has 2 rings (SSSR count). The van der Waals surface area contributed by atoms with Gasteiger partial charge in [0.15, 0.2) is 0 Å². The molecule has 0 heterocycles. The minimum Gasteiger partial charge on any atom is -0.506 e. The molecule has 2 aromatic carbocycles. The van der Waals surface area contributed by atoms with E-state index in [0.717, 1.165) is 10.0 Å². The topological polar surface area (TPSA) is 40.5 Å². The second-order valence-corrected chi connectivity index (χ2v) is 5.63. The summed E-state index contributed by atoms with van der Waals surface area (Å²) in [4.78, 5) is 0. The van der Waals surface area contributed by atoms with E-state index in [9.17, 15) is 10.2 Å². The normalized spacial score (nSPS) is 11.5. The molecule has 0 aromatic heterocycles. The van der Waals surface area contributed by atoms with E-state index in [4.69, 9.17) is 0 Å². The Hall–Kier alpha value is -1.28. The molecule has 1 unspecified atom stereocenters. The van der Waals surface area contributed by atoms with Crippen LogP contribution in [0, 0.1) is 11.8 Å². The molecule has 0 radical (unpaired) electrons. The van der Waals surface area contributed by atoms with Gasteiger partial charge in [-0.2, -0.15) is 0 Å². The maximum absolute atomic E-state index is 10.0. The smallest absolute Gasteiger partial charge is 0.144 e. The Bertz CT molecular complexity index is 642. The highest BCUT2D eigenvalue weighted by Gasteiger charge is 2.13. The van der Waals surface area contributed by atoms with Crippen molar-refractivity contribution in [2.75, 3.05) is 0 Å². The highest BCUT2D eigenvalue weighted by Crippen LogP contribution is 2.34. The summed E-state index contributed by atoms with van der Waals surface area (Å²) in [5.74, 6) is 5.58. The number of hydrogen-bond acceptors (Lipinski definition) is 2. The van der Waals surface area contributed by atoms with Gasteiger partial charge in [-0.15, -0.1) is 0 Å². The first-order valence-electron chi connectivity index (χ1n) is 5.50. The molecule has 4 heteroatoms. The van der Waals surface area contributed by atoms with Gasteiger partial charge in [0, 0.05) is 15.6 Å². The number of benzene rings is 2. The van der Waals surface area contributed by atoms with Crippen molar-refractivity contribution < 1.29 is 10.2 Å². The molecule has 2 aromatic rings. The number of hydrogen-bond donors (Lipinski definition) is 2. The number of aliphatic hydroxyl groups is 1.